The van der Waals surface area contributed by atoms with Crippen LogP contribution in [0.5, 0.6) is 0 Å². The third kappa shape index (κ3) is 16.3. The van der Waals surface area contributed by atoms with E-state index in [2.05, 4.69) is 24.4 Å². The Balaban J connectivity index is 3.42. The second-order valence-electron chi connectivity index (χ2n) is 7.42. The summed E-state index contributed by atoms with van der Waals surface area (Å²) >= 11 is 0. The Kier molecular flexibility index (Phi) is 16.5. The lowest BCUT2D eigenvalue weighted by Crippen LogP contribution is -2.37. The van der Waals surface area contributed by atoms with Gasteiger partial charge in [0.1, 0.15) is 0 Å². The molecule has 0 saturated heterocycles. The molecule has 4 heteroatoms. The van der Waals surface area contributed by atoms with Crippen molar-refractivity contribution in [3.63, 3.8) is 0 Å². The van der Waals surface area contributed by atoms with Gasteiger partial charge in [-0.3, -0.25) is 9.59 Å². The zero-order chi connectivity index (χ0) is 19.6. The van der Waals surface area contributed by atoms with Crippen LogP contribution in [0.2, 0.25) is 0 Å². The van der Waals surface area contributed by atoms with E-state index in [0.717, 1.165) is 51.4 Å². The molecule has 2 N–H and O–H groups in total. The first-order valence-corrected chi connectivity index (χ1v) is 10.6. The molecular weight excluding hydrogens is 326 g/mol. The van der Waals surface area contributed by atoms with Crippen molar-refractivity contribution in [1.29, 1.82) is 0 Å². The smallest absolute Gasteiger partial charge is 0.220 e. The Hall–Kier alpha value is -1.16. The summed E-state index contributed by atoms with van der Waals surface area (Å²) in [6, 6.07) is -0.371. The molecule has 0 aromatic rings. The fourth-order valence-corrected chi connectivity index (χ4v) is 2.79. The van der Waals surface area contributed by atoms with Crippen molar-refractivity contribution >= 4 is 11.7 Å². The maximum absolute atomic E-state index is 11.6. The summed E-state index contributed by atoms with van der Waals surface area (Å²) in [6.45, 7) is 5.42. The molecule has 0 radical (unpaired) electrons. The Morgan fingerprint density at radius 1 is 0.962 bits per heavy atom. The van der Waals surface area contributed by atoms with Crippen LogP contribution in [0.1, 0.15) is 104 Å². The van der Waals surface area contributed by atoms with Gasteiger partial charge in [-0.1, -0.05) is 64.0 Å². The molecule has 0 aliphatic rings. The molecule has 0 rings (SSSR count). The number of allylic oxidation sites excluding steroid dienone is 1. The first-order valence-electron chi connectivity index (χ1n) is 10.6. The minimum absolute atomic E-state index is 0.00424. The maximum Gasteiger partial charge on any atom is 0.220 e. The van der Waals surface area contributed by atoms with Gasteiger partial charge in [0, 0.05) is 6.42 Å². The van der Waals surface area contributed by atoms with Crippen LogP contribution in [0.4, 0.5) is 0 Å². The number of hydrogen-bond acceptors (Lipinski definition) is 3. The molecule has 0 saturated carbocycles. The van der Waals surface area contributed by atoms with Crippen molar-refractivity contribution in [2.24, 2.45) is 0 Å². The SMILES string of the molecule is CCCCCCC(O)C/C=C\CCCCCCCC(=O)NC(C)C(C)=O. The molecule has 4 nitrogen and oxygen atoms in total. The van der Waals surface area contributed by atoms with Crippen molar-refractivity contribution in [2.45, 2.75) is 116 Å². The highest BCUT2D eigenvalue weighted by Crippen LogP contribution is 2.10. The van der Waals surface area contributed by atoms with E-state index in [0.29, 0.717) is 6.42 Å². The summed E-state index contributed by atoms with van der Waals surface area (Å²) in [5.41, 5.74) is 0. The molecule has 1 amide bonds. The number of Topliss-reactive ketones (excluding diaryl/α,β-unsaturated/α-hetero) is 1. The van der Waals surface area contributed by atoms with Crippen LogP contribution >= 0.6 is 0 Å². The monoisotopic (exact) mass is 367 g/mol. The number of amides is 1. The molecule has 152 valence electrons. The van der Waals surface area contributed by atoms with E-state index in [9.17, 15) is 14.7 Å². The molecule has 2 atom stereocenters. The van der Waals surface area contributed by atoms with Gasteiger partial charge in [-0.2, -0.15) is 0 Å². The highest BCUT2D eigenvalue weighted by molar-refractivity contribution is 5.86. The van der Waals surface area contributed by atoms with Crippen molar-refractivity contribution in [1.82, 2.24) is 5.32 Å². The third-order valence-electron chi connectivity index (χ3n) is 4.73. The molecule has 0 aliphatic carbocycles. The number of hydrogen-bond donors (Lipinski definition) is 2. The average molecular weight is 368 g/mol. The van der Waals surface area contributed by atoms with Crippen LogP contribution in [0.25, 0.3) is 0 Å². The largest absolute Gasteiger partial charge is 0.393 e. The summed E-state index contributed by atoms with van der Waals surface area (Å²) in [5, 5.41) is 12.6. The van der Waals surface area contributed by atoms with E-state index in [4.69, 9.17) is 0 Å². The fraction of sp³-hybridized carbons (Fsp3) is 0.818. The lowest BCUT2D eigenvalue weighted by Gasteiger charge is -2.10. The van der Waals surface area contributed by atoms with Gasteiger partial charge in [0.25, 0.3) is 0 Å². The summed E-state index contributed by atoms with van der Waals surface area (Å²) in [4.78, 5) is 22.7. The zero-order valence-corrected chi connectivity index (χ0v) is 17.3. The first-order chi connectivity index (χ1) is 12.5. The summed E-state index contributed by atoms with van der Waals surface area (Å²) < 4.78 is 0. The topological polar surface area (TPSA) is 66.4 Å². The van der Waals surface area contributed by atoms with Gasteiger partial charge in [-0.25, -0.2) is 0 Å². The molecule has 0 bridgehead atoms. The molecule has 2 unspecified atom stereocenters. The van der Waals surface area contributed by atoms with E-state index < -0.39 is 0 Å². The van der Waals surface area contributed by atoms with Gasteiger partial charge in [0.15, 0.2) is 5.78 Å². The number of ketones is 1. The fourth-order valence-electron chi connectivity index (χ4n) is 2.79. The van der Waals surface area contributed by atoms with E-state index in [1.165, 1.54) is 32.6 Å². The standard InChI is InChI=1S/C22H41NO3/c1-4-5-6-13-16-21(25)17-14-11-9-7-8-10-12-15-18-22(26)23-19(2)20(3)24/h11,14,19,21,25H,4-10,12-13,15-18H2,1-3H3,(H,23,26)/b14-11-. The number of carbonyl (C=O) groups excluding carboxylic acids is 2. The van der Waals surface area contributed by atoms with E-state index in [-0.39, 0.29) is 23.8 Å². The minimum atomic E-state index is -0.371. The normalized spacial score (nSPS) is 13.7. The van der Waals surface area contributed by atoms with E-state index in [1.807, 2.05) is 0 Å². The quantitative estimate of drug-likeness (QED) is 0.278. The predicted octanol–water partition coefficient (Wildman–Crippen LogP) is 5.09. The molecule has 0 spiro atoms. The number of rotatable bonds is 17. The molecule has 0 heterocycles. The number of unbranched alkanes of at least 4 members (excludes halogenated alkanes) is 8. The second-order valence-corrected chi connectivity index (χ2v) is 7.42. The molecular formula is C22H41NO3. The van der Waals surface area contributed by atoms with E-state index >= 15 is 0 Å². The number of aliphatic hydroxyl groups excluding tert-OH is 1. The zero-order valence-electron chi connectivity index (χ0n) is 17.3. The maximum atomic E-state index is 11.6. The Morgan fingerprint density at radius 3 is 2.31 bits per heavy atom. The van der Waals surface area contributed by atoms with Gasteiger partial charge >= 0.3 is 0 Å². The lowest BCUT2D eigenvalue weighted by molar-refractivity contribution is -0.126. The van der Waals surface area contributed by atoms with Gasteiger partial charge in [0.2, 0.25) is 5.91 Å². The Morgan fingerprint density at radius 2 is 1.62 bits per heavy atom. The van der Waals surface area contributed by atoms with Crippen LogP contribution in [0, 0.1) is 0 Å². The molecule has 0 aromatic carbocycles. The highest BCUT2D eigenvalue weighted by Gasteiger charge is 2.10. The number of nitrogens with one attached hydrogen (secondary N) is 1. The first kappa shape index (κ1) is 24.8. The summed E-state index contributed by atoms with van der Waals surface area (Å²) in [5.74, 6) is -0.0284. The molecule has 0 aliphatic heterocycles. The average Bonchev–Trinajstić information content (AvgIpc) is 2.60. The number of carbonyl (C=O) groups is 2. The second kappa shape index (κ2) is 17.3. The van der Waals surface area contributed by atoms with Crippen molar-refractivity contribution in [2.75, 3.05) is 0 Å². The predicted molar refractivity (Wildman–Crippen MR) is 109 cm³/mol. The van der Waals surface area contributed by atoms with Crippen molar-refractivity contribution in [3.05, 3.63) is 12.2 Å². The van der Waals surface area contributed by atoms with Crippen LogP contribution < -0.4 is 5.32 Å². The van der Waals surface area contributed by atoms with Crippen LogP contribution in [-0.4, -0.2) is 28.9 Å². The van der Waals surface area contributed by atoms with Crippen LogP contribution in [-0.2, 0) is 9.59 Å². The highest BCUT2D eigenvalue weighted by atomic mass is 16.3. The molecule has 26 heavy (non-hydrogen) atoms. The number of aliphatic hydroxyl groups is 1. The Bertz CT molecular complexity index is 393. The van der Waals surface area contributed by atoms with Gasteiger partial charge in [-0.05, 0) is 46.0 Å². The Labute approximate surface area is 160 Å². The lowest BCUT2D eigenvalue weighted by atomic mass is 10.1. The summed E-state index contributed by atoms with van der Waals surface area (Å²) in [7, 11) is 0. The molecule has 0 aromatic heterocycles. The van der Waals surface area contributed by atoms with Gasteiger partial charge in [-0.15, -0.1) is 0 Å². The van der Waals surface area contributed by atoms with Gasteiger partial charge < -0.3 is 10.4 Å². The van der Waals surface area contributed by atoms with Gasteiger partial charge in [0.05, 0.1) is 12.1 Å². The van der Waals surface area contributed by atoms with Crippen molar-refractivity contribution in [3.8, 4) is 0 Å². The molecule has 0 fully saturated rings. The van der Waals surface area contributed by atoms with Crippen LogP contribution in [0.15, 0.2) is 12.2 Å². The minimum Gasteiger partial charge on any atom is -0.393 e. The van der Waals surface area contributed by atoms with Crippen LogP contribution in [0.3, 0.4) is 0 Å². The van der Waals surface area contributed by atoms with Crippen molar-refractivity contribution < 1.29 is 14.7 Å². The third-order valence-corrected chi connectivity index (χ3v) is 4.73. The summed E-state index contributed by atoms with van der Waals surface area (Å²) in [6.07, 6.45) is 17.7. The van der Waals surface area contributed by atoms with E-state index in [1.54, 1.807) is 6.92 Å².